The third-order valence-corrected chi connectivity index (χ3v) is 5.27. The zero-order chi connectivity index (χ0) is 18.9. The number of Topliss-reactive ketones (excluding diaryl/α,β-unsaturated/α-hetero) is 1. The Labute approximate surface area is 151 Å². The highest BCUT2D eigenvalue weighted by Crippen LogP contribution is 2.41. The maximum Gasteiger partial charge on any atom is 0.303 e. The largest absolute Gasteiger partial charge is 0.481 e. The van der Waals surface area contributed by atoms with Gasteiger partial charge < -0.3 is 15.3 Å². The standard InChI is InChI=1S/C20H34O5/c1-3-5-6-9-16(21)12-11-15(14-19(23)24)17(8-4-2)20(25)13-7-10-18(20)22/h11-12,15-17,21,25H,3-10,13-14H2,1-2H3,(H,23,24)/b12-11+/t15-,16-,17+,20?/m0/s1. The van der Waals surface area contributed by atoms with Crippen LogP contribution in [0.5, 0.6) is 0 Å². The second kappa shape index (κ2) is 10.7. The van der Waals surface area contributed by atoms with Crippen molar-refractivity contribution >= 4 is 11.8 Å². The number of ketones is 1. The Morgan fingerprint density at radius 3 is 2.44 bits per heavy atom. The second-order valence-corrected chi connectivity index (χ2v) is 7.31. The van der Waals surface area contributed by atoms with Crippen LogP contribution in [0, 0.1) is 11.8 Å². The van der Waals surface area contributed by atoms with Gasteiger partial charge in [-0.05, 0) is 31.6 Å². The zero-order valence-electron chi connectivity index (χ0n) is 15.6. The first-order valence-electron chi connectivity index (χ1n) is 9.69. The Morgan fingerprint density at radius 2 is 1.92 bits per heavy atom. The molecule has 25 heavy (non-hydrogen) atoms. The number of carboxylic acids is 1. The number of aliphatic hydroxyl groups excluding tert-OH is 1. The third kappa shape index (κ3) is 6.55. The Morgan fingerprint density at radius 1 is 1.20 bits per heavy atom. The summed E-state index contributed by atoms with van der Waals surface area (Å²) in [6.07, 6.45) is 9.08. The third-order valence-electron chi connectivity index (χ3n) is 5.27. The van der Waals surface area contributed by atoms with E-state index in [0.29, 0.717) is 32.1 Å². The molecule has 0 aromatic rings. The lowest BCUT2D eigenvalue weighted by Crippen LogP contribution is -2.45. The molecule has 0 aliphatic heterocycles. The first kappa shape index (κ1) is 21.8. The summed E-state index contributed by atoms with van der Waals surface area (Å²) in [5, 5.41) is 30.3. The van der Waals surface area contributed by atoms with Gasteiger partial charge in [0.1, 0.15) is 5.60 Å². The average Bonchev–Trinajstić information content (AvgIpc) is 2.89. The van der Waals surface area contributed by atoms with E-state index in [1.54, 1.807) is 12.2 Å². The van der Waals surface area contributed by atoms with Crippen LogP contribution in [0.15, 0.2) is 12.2 Å². The minimum absolute atomic E-state index is 0.140. The van der Waals surface area contributed by atoms with E-state index in [-0.39, 0.29) is 12.2 Å². The zero-order valence-corrected chi connectivity index (χ0v) is 15.6. The molecule has 0 spiro atoms. The SMILES string of the molecule is CCCCC[C@H](O)/C=C/[C@@H](CC(=O)O)[C@@H](CCC)C1(O)CCCC1=O. The number of aliphatic hydroxyl groups is 2. The average molecular weight is 354 g/mol. The number of aliphatic carboxylic acids is 1. The van der Waals surface area contributed by atoms with Gasteiger partial charge in [-0.3, -0.25) is 9.59 Å². The van der Waals surface area contributed by atoms with Gasteiger partial charge in [-0.1, -0.05) is 51.7 Å². The number of carbonyl (C=O) groups excluding carboxylic acids is 1. The molecule has 1 unspecified atom stereocenters. The second-order valence-electron chi connectivity index (χ2n) is 7.31. The van der Waals surface area contributed by atoms with Crippen LogP contribution in [0.4, 0.5) is 0 Å². The molecular formula is C20H34O5. The molecule has 144 valence electrons. The Balaban J connectivity index is 2.92. The van der Waals surface area contributed by atoms with E-state index < -0.39 is 29.5 Å². The van der Waals surface area contributed by atoms with Crippen LogP contribution in [0.1, 0.15) is 78.1 Å². The van der Waals surface area contributed by atoms with E-state index in [9.17, 15) is 24.9 Å². The van der Waals surface area contributed by atoms with Gasteiger partial charge >= 0.3 is 5.97 Å². The summed E-state index contributed by atoms with van der Waals surface area (Å²) in [6.45, 7) is 4.07. The van der Waals surface area contributed by atoms with Gasteiger partial charge in [0.2, 0.25) is 0 Å². The van der Waals surface area contributed by atoms with Gasteiger partial charge in [0.25, 0.3) is 0 Å². The maximum atomic E-state index is 12.2. The van der Waals surface area contributed by atoms with E-state index in [1.807, 2.05) is 6.92 Å². The molecule has 1 fully saturated rings. The molecular weight excluding hydrogens is 320 g/mol. The molecule has 0 aromatic heterocycles. The summed E-state index contributed by atoms with van der Waals surface area (Å²) in [5.74, 6) is -1.99. The lowest BCUT2D eigenvalue weighted by Gasteiger charge is -2.35. The summed E-state index contributed by atoms with van der Waals surface area (Å²) in [6, 6.07) is 0. The van der Waals surface area contributed by atoms with E-state index in [4.69, 9.17) is 0 Å². The van der Waals surface area contributed by atoms with Gasteiger partial charge in [0.15, 0.2) is 5.78 Å². The molecule has 1 aliphatic rings. The number of carboxylic acid groups (broad SMARTS) is 1. The van der Waals surface area contributed by atoms with Crippen molar-refractivity contribution in [3.63, 3.8) is 0 Å². The van der Waals surface area contributed by atoms with Crippen LogP contribution in [-0.2, 0) is 9.59 Å². The predicted octanol–water partition coefficient (Wildman–Crippen LogP) is 3.48. The molecule has 4 atom stereocenters. The van der Waals surface area contributed by atoms with Crippen molar-refractivity contribution in [2.45, 2.75) is 89.8 Å². The molecule has 5 nitrogen and oxygen atoms in total. The molecule has 0 bridgehead atoms. The van der Waals surface area contributed by atoms with Crippen molar-refractivity contribution in [2.24, 2.45) is 11.8 Å². The fraction of sp³-hybridized carbons (Fsp3) is 0.800. The lowest BCUT2D eigenvalue weighted by atomic mass is 9.72. The van der Waals surface area contributed by atoms with Gasteiger partial charge in [-0.2, -0.15) is 0 Å². The van der Waals surface area contributed by atoms with E-state index in [2.05, 4.69) is 6.92 Å². The van der Waals surface area contributed by atoms with Crippen molar-refractivity contribution in [2.75, 3.05) is 0 Å². The van der Waals surface area contributed by atoms with Crippen LogP contribution < -0.4 is 0 Å². The molecule has 3 N–H and O–H groups in total. The minimum atomic E-state index is -1.42. The van der Waals surface area contributed by atoms with Crippen molar-refractivity contribution in [3.8, 4) is 0 Å². The van der Waals surface area contributed by atoms with Crippen molar-refractivity contribution in [1.29, 1.82) is 0 Å². The Bertz CT molecular complexity index is 459. The predicted molar refractivity (Wildman–Crippen MR) is 97.2 cm³/mol. The highest BCUT2D eigenvalue weighted by atomic mass is 16.4. The van der Waals surface area contributed by atoms with Crippen LogP contribution in [0.3, 0.4) is 0 Å². The quantitative estimate of drug-likeness (QED) is 0.368. The van der Waals surface area contributed by atoms with Gasteiger partial charge in [0.05, 0.1) is 12.5 Å². The number of unbranched alkanes of at least 4 members (excludes halogenated alkanes) is 2. The molecule has 0 radical (unpaired) electrons. The van der Waals surface area contributed by atoms with Gasteiger partial charge in [-0.25, -0.2) is 0 Å². The smallest absolute Gasteiger partial charge is 0.303 e. The summed E-state index contributed by atoms with van der Waals surface area (Å²) < 4.78 is 0. The van der Waals surface area contributed by atoms with Crippen LogP contribution in [0.2, 0.25) is 0 Å². The number of hydrogen-bond donors (Lipinski definition) is 3. The summed E-state index contributed by atoms with van der Waals surface area (Å²) in [5.41, 5.74) is -1.42. The highest BCUT2D eigenvalue weighted by molar-refractivity contribution is 5.89. The molecule has 1 aliphatic carbocycles. The number of carbonyl (C=O) groups is 2. The van der Waals surface area contributed by atoms with Gasteiger partial charge in [0, 0.05) is 12.3 Å². The maximum absolute atomic E-state index is 12.2. The fourth-order valence-corrected chi connectivity index (χ4v) is 3.90. The molecule has 1 saturated carbocycles. The Hall–Kier alpha value is -1.20. The lowest BCUT2D eigenvalue weighted by molar-refractivity contribution is -0.145. The minimum Gasteiger partial charge on any atom is -0.481 e. The normalized spacial score (nSPS) is 24.6. The fourth-order valence-electron chi connectivity index (χ4n) is 3.90. The molecule has 0 aromatic carbocycles. The van der Waals surface area contributed by atoms with E-state index in [0.717, 1.165) is 25.7 Å². The van der Waals surface area contributed by atoms with E-state index >= 15 is 0 Å². The molecule has 1 rings (SSSR count). The van der Waals surface area contributed by atoms with Crippen LogP contribution >= 0.6 is 0 Å². The van der Waals surface area contributed by atoms with Crippen LogP contribution in [0.25, 0.3) is 0 Å². The monoisotopic (exact) mass is 354 g/mol. The Kier molecular flexibility index (Phi) is 9.36. The molecule has 0 heterocycles. The summed E-state index contributed by atoms with van der Waals surface area (Å²) >= 11 is 0. The molecule has 0 amide bonds. The number of rotatable bonds is 12. The van der Waals surface area contributed by atoms with Crippen molar-refractivity contribution < 1.29 is 24.9 Å². The number of allylic oxidation sites excluding steroid dienone is 1. The van der Waals surface area contributed by atoms with E-state index in [1.165, 1.54) is 0 Å². The first-order chi connectivity index (χ1) is 11.8. The van der Waals surface area contributed by atoms with Crippen molar-refractivity contribution in [3.05, 3.63) is 12.2 Å². The van der Waals surface area contributed by atoms with Crippen molar-refractivity contribution in [1.82, 2.24) is 0 Å². The highest BCUT2D eigenvalue weighted by Gasteiger charge is 2.48. The summed E-state index contributed by atoms with van der Waals surface area (Å²) in [7, 11) is 0. The van der Waals surface area contributed by atoms with Crippen LogP contribution in [-0.4, -0.2) is 38.8 Å². The van der Waals surface area contributed by atoms with Gasteiger partial charge in [-0.15, -0.1) is 0 Å². The number of hydrogen-bond acceptors (Lipinski definition) is 4. The summed E-state index contributed by atoms with van der Waals surface area (Å²) in [4.78, 5) is 23.6. The topological polar surface area (TPSA) is 94.8 Å². The molecule has 5 heteroatoms. The first-order valence-corrected chi connectivity index (χ1v) is 9.69. The molecule has 0 saturated heterocycles.